The van der Waals surface area contributed by atoms with Gasteiger partial charge in [-0.15, -0.1) is 0 Å². The molecule has 132 valence electrons. The van der Waals surface area contributed by atoms with Crippen LogP contribution >= 0.6 is 0 Å². The number of carbonyl (C=O) groups excluding carboxylic acids is 1. The van der Waals surface area contributed by atoms with Crippen molar-refractivity contribution in [3.05, 3.63) is 64.7 Å². The first-order valence-corrected chi connectivity index (χ1v) is 8.47. The summed E-state index contributed by atoms with van der Waals surface area (Å²) in [6.07, 6.45) is -0.0468. The average Bonchev–Trinajstić information content (AvgIpc) is 2.90. The Kier molecular flexibility index (Phi) is 4.95. The highest BCUT2D eigenvalue weighted by molar-refractivity contribution is 5.75. The van der Waals surface area contributed by atoms with E-state index in [9.17, 15) is 9.90 Å². The molecule has 0 fully saturated rings. The number of hydrogen-bond donors (Lipinski definition) is 3. The van der Waals surface area contributed by atoms with Crippen LogP contribution in [0.25, 0.3) is 0 Å². The number of hydrogen-bond acceptors (Lipinski definition) is 3. The Hall–Kier alpha value is -2.53. The van der Waals surface area contributed by atoms with Crippen LogP contribution in [0.2, 0.25) is 0 Å². The highest BCUT2D eigenvalue weighted by Crippen LogP contribution is 2.31. The number of rotatable bonds is 4. The largest absolute Gasteiger partial charge is 0.496 e. The Balaban J connectivity index is 1.70. The van der Waals surface area contributed by atoms with Gasteiger partial charge in [-0.3, -0.25) is 0 Å². The second kappa shape index (κ2) is 7.15. The molecule has 0 saturated carbocycles. The highest BCUT2D eigenvalue weighted by Gasteiger charge is 2.32. The number of methoxy groups -OCH3 is 1. The Bertz CT molecular complexity index is 775. The normalized spacial score (nSPS) is 19.8. The minimum Gasteiger partial charge on any atom is -0.496 e. The van der Waals surface area contributed by atoms with Gasteiger partial charge in [0.05, 0.1) is 25.3 Å². The summed E-state index contributed by atoms with van der Waals surface area (Å²) in [4.78, 5) is 12.4. The van der Waals surface area contributed by atoms with E-state index in [-0.39, 0.29) is 18.1 Å². The van der Waals surface area contributed by atoms with E-state index in [1.165, 1.54) is 0 Å². The van der Waals surface area contributed by atoms with Gasteiger partial charge in [-0.25, -0.2) is 4.79 Å². The molecule has 0 aromatic heterocycles. The molecule has 3 rings (SSSR count). The lowest BCUT2D eigenvalue weighted by atomic mass is 10.0. The number of carbonyl (C=O) groups is 1. The first-order chi connectivity index (χ1) is 12.0. The van der Waals surface area contributed by atoms with Gasteiger partial charge in [-0.1, -0.05) is 42.0 Å². The van der Waals surface area contributed by atoms with Crippen molar-refractivity contribution < 1.29 is 14.6 Å². The zero-order valence-electron chi connectivity index (χ0n) is 14.7. The predicted molar refractivity (Wildman–Crippen MR) is 96.7 cm³/mol. The molecule has 25 heavy (non-hydrogen) atoms. The maximum absolute atomic E-state index is 12.4. The maximum Gasteiger partial charge on any atom is 0.315 e. The Labute approximate surface area is 148 Å². The lowest BCUT2D eigenvalue weighted by Gasteiger charge is -2.22. The minimum atomic E-state index is -0.605. The highest BCUT2D eigenvalue weighted by atomic mass is 16.5. The Morgan fingerprint density at radius 3 is 2.80 bits per heavy atom. The summed E-state index contributed by atoms with van der Waals surface area (Å²) in [5, 5.41) is 16.1. The van der Waals surface area contributed by atoms with Gasteiger partial charge in [0.1, 0.15) is 5.75 Å². The van der Waals surface area contributed by atoms with Crippen LogP contribution in [0.5, 0.6) is 5.75 Å². The van der Waals surface area contributed by atoms with E-state index in [0.717, 1.165) is 28.0 Å². The van der Waals surface area contributed by atoms with Gasteiger partial charge in [0.2, 0.25) is 0 Å². The first-order valence-electron chi connectivity index (χ1n) is 8.47. The molecular formula is C20H24N2O3. The summed E-state index contributed by atoms with van der Waals surface area (Å²) in [5.74, 6) is 0.740. The molecule has 2 aromatic rings. The molecule has 5 nitrogen and oxygen atoms in total. The van der Waals surface area contributed by atoms with Crippen molar-refractivity contribution in [2.24, 2.45) is 0 Å². The number of fused-ring (bicyclic) bond motifs is 1. The van der Waals surface area contributed by atoms with Gasteiger partial charge in [0.15, 0.2) is 0 Å². The second-order valence-electron chi connectivity index (χ2n) is 6.53. The number of aryl methyl sites for hydroxylation is 1. The van der Waals surface area contributed by atoms with E-state index in [1.54, 1.807) is 7.11 Å². The fourth-order valence-electron chi connectivity index (χ4n) is 3.40. The van der Waals surface area contributed by atoms with Gasteiger partial charge in [0, 0.05) is 12.0 Å². The van der Waals surface area contributed by atoms with Crippen molar-refractivity contribution in [2.45, 2.75) is 38.5 Å². The maximum atomic E-state index is 12.4. The number of urea groups is 1. The van der Waals surface area contributed by atoms with Crippen molar-refractivity contribution in [3.63, 3.8) is 0 Å². The van der Waals surface area contributed by atoms with E-state index in [1.807, 2.05) is 56.3 Å². The molecular weight excluding hydrogens is 316 g/mol. The van der Waals surface area contributed by atoms with Gasteiger partial charge < -0.3 is 20.5 Å². The molecule has 0 aliphatic heterocycles. The van der Waals surface area contributed by atoms with Crippen molar-refractivity contribution in [3.8, 4) is 5.75 Å². The summed E-state index contributed by atoms with van der Waals surface area (Å²) >= 11 is 0. The van der Waals surface area contributed by atoms with Gasteiger partial charge in [-0.05, 0) is 31.0 Å². The zero-order valence-corrected chi connectivity index (χ0v) is 14.7. The molecule has 0 saturated heterocycles. The third kappa shape index (κ3) is 3.61. The smallest absolute Gasteiger partial charge is 0.315 e. The number of aliphatic hydroxyl groups excluding tert-OH is 1. The summed E-state index contributed by atoms with van der Waals surface area (Å²) in [6, 6.07) is 12.8. The molecule has 2 amide bonds. The second-order valence-corrected chi connectivity index (χ2v) is 6.53. The van der Waals surface area contributed by atoms with Crippen LogP contribution in [0, 0.1) is 6.92 Å². The first kappa shape index (κ1) is 17.3. The topological polar surface area (TPSA) is 70.6 Å². The van der Waals surface area contributed by atoms with E-state index < -0.39 is 6.10 Å². The number of ether oxygens (including phenoxy) is 1. The molecule has 0 bridgehead atoms. The SMILES string of the molecule is COc1ccc(C)cc1C(C)NC(=O)NC1c2ccccc2CC1O. The van der Waals surface area contributed by atoms with Gasteiger partial charge >= 0.3 is 6.03 Å². The standard InChI is InChI=1S/C20H24N2O3/c1-12-8-9-18(25-3)16(10-12)13(2)21-20(24)22-19-15-7-5-4-6-14(15)11-17(19)23/h4-10,13,17,19,23H,11H2,1-3H3,(H2,21,22,24). The number of benzene rings is 2. The summed E-state index contributed by atoms with van der Waals surface area (Å²) in [6.45, 7) is 3.91. The molecule has 1 aliphatic carbocycles. The number of amides is 2. The molecule has 1 aliphatic rings. The minimum absolute atomic E-state index is 0.219. The van der Waals surface area contributed by atoms with E-state index in [4.69, 9.17) is 4.74 Å². The third-order valence-electron chi connectivity index (χ3n) is 4.69. The van der Waals surface area contributed by atoms with Crippen molar-refractivity contribution in [2.75, 3.05) is 7.11 Å². The Morgan fingerprint density at radius 1 is 1.28 bits per heavy atom. The van der Waals surface area contributed by atoms with Gasteiger partial charge in [0.25, 0.3) is 0 Å². The number of nitrogens with one attached hydrogen (secondary N) is 2. The molecule has 3 unspecified atom stereocenters. The van der Waals surface area contributed by atoms with Crippen LogP contribution in [0.3, 0.4) is 0 Å². The van der Waals surface area contributed by atoms with E-state index >= 15 is 0 Å². The Morgan fingerprint density at radius 2 is 2.04 bits per heavy atom. The van der Waals surface area contributed by atoms with Crippen molar-refractivity contribution in [1.82, 2.24) is 10.6 Å². The lowest BCUT2D eigenvalue weighted by molar-refractivity contribution is 0.142. The third-order valence-corrected chi connectivity index (χ3v) is 4.69. The molecule has 3 atom stereocenters. The van der Waals surface area contributed by atoms with Crippen molar-refractivity contribution >= 4 is 6.03 Å². The summed E-state index contributed by atoms with van der Waals surface area (Å²) in [5.41, 5.74) is 4.08. The van der Waals surface area contributed by atoms with Crippen molar-refractivity contribution in [1.29, 1.82) is 0 Å². The molecule has 0 radical (unpaired) electrons. The molecule has 3 N–H and O–H groups in total. The quantitative estimate of drug-likeness (QED) is 0.801. The van der Waals surface area contributed by atoms with Gasteiger partial charge in [-0.2, -0.15) is 0 Å². The predicted octanol–water partition coefficient (Wildman–Crippen LogP) is 3.02. The monoisotopic (exact) mass is 340 g/mol. The van der Waals surface area contributed by atoms with Crippen LogP contribution in [-0.2, 0) is 6.42 Å². The lowest BCUT2D eigenvalue weighted by Crippen LogP contribution is -2.41. The fraction of sp³-hybridized carbons (Fsp3) is 0.350. The van der Waals surface area contributed by atoms with E-state index in [2.05, 4.69) is 10.6 Å². The fourth-order valence-corrected chi connectivity index (χ4v) is 3.40. The van der Waals surface area contributed by atoms with Crippen LogP contribution in [0.4, 0.5) is 4.79 Å². The average molecular weight is 340 g/mol. The number of aliphatic hydroxyl groups is 1. The van der Waals surface area contributed by atoms with Crippen LogP contribution < -0.4 is 15.4 Å². The molecule has 0 heterocycles. The van der Waals surface area contributed by atoms with Crippen LogP contribution in [0.15, 0.2) is 42.5 Å². The molecule has 2 aromatic carbocycles. The summed E-state index contributed by atoms with van der Waals surface area (Å²) < 4.78 is 5.39. The summed E-state index contributed by atoms with van der Waals surface area (Å²) in [7, 11) is 1.62. The zero-order chi connectivity index (χ0) is 18.0. The van der Waals surface area contributed by atoms with Crippen LogP contribution in [0.1, 0.15) is 41.3 Å². The van der Waals surface area contributed by atoms with E-state index in [0.29, 0.717) is 6.42 Å². The molecule has 0 spiro atoms. The molecule has 5 heteroatoms. The van der Waals surface area contributed by atoms with Crippen LogP contribution in [-0.4, -0.2) is 24.4 Å².